The second-order valence-electron chi connectivity index (χ2n) is 5.92. The Kier molecular flexibility index (Phi) is 4.18. The van der Waals surface area contributed by atoms with Crippen LogP contribution in [0.15, 0.2) is 30.1 Å². The van der Waals surface area contributed by atoms with Crippen molar-refractivity contribution in [3.63, 3.8) is 0 Å². The van der Waals surface area contributed by atoms with Gasteiger partial charge in [0, 0.05) is 35.6 Å². The zero-order chi connectivity index (χ0) is 18.4. The lowest BCUT2D eigenvalue weighted by atomic mass is 10.2. The standard InChI is InChI=1S/C16H15F5N4/c17-11-4-13-14(5-12(11)18)25(10-1-2-10)15(24-13)8(7-22)3-9(23)6-16(19,20)21/h3-5,7,10H,1-2,6,22-23H2/b8-7+,9-3-. The highest BCUT2D eigenvalue weighted by Gasteiger charge is 2.31. The van der Waals surface area contributed by atoms with Crippen LogP contribution in [0.2, 0.25) is 0 Å². The van der Waals surface area contributed by atoms with Crippen LogP contribution in [-0.2, 0) is 0 Å². The molecule has 1 fully saturated rings. The molecule has 1 aromatic carbocycles. The lowest BCUT2D eigenvalue weighted by molar-refractivity contribution is -0.127. The lowest BCUT2D eigenvalue weighted by Crippen LogP contribution is -2.13. The molecule has 4 nitrogen and oxygen atoms in total. The summed E-state index contributed by atoms with van der Waals surface area (Å²) in [4.78, 5) is 4.22. The van der Waals surface area contributed by atoms with Crippen molar-refractivity contribution >= 4 is 16.6 Å². The molecule has 0 radical (unpaired) electrons. The summed E-state index contributed by atoms with van der Waals surface area (Å²) in [6.45, 7) is 0. The van der Waals surface area contributed by atoms with Gasteiger partial charge >= 0.3 is 6.18 Å². The number of fused-ring (bicyclic) bond motifs is 1. The molecule has 0 unspecified atom stereocenters. The molecule has 1 heterocycles. The van der Waals surface area contributed by atoms with Gasteiger partial charge in [0.2, 0.25) is 0 Å². The van der Waals surface area contributed by atoms with Gasteiger partial charge in [-0.05, 0) is 18.9 Å². The van der Waals surface area contributed by atoms with Gasteiger partial charge in [-0.15, -0.1) is 0 Å². The third-order valence-electron chi connectivity index (χ3n) is 3.83. The fraction of sp³-hybridized carbons (Fsp3) is 0.312. The average Bonchev–Trinajstić information content (AvgIpc) is 3.26. The van der Waals surface area contributed by atoms with E-state index in [-0.39, 0.29) is 23.0 Å². The van der Waals surface area contributed by atoms with Crippen LogP contribution in [0.3, 0.4) is 0 Å². The minimum absolute atomic E-state index is 0.0112. The Labute approximate surface area is 139 Å². The van der Waals surface area contributed by atoms with Gasteiger partial charge in [0.1, 0.15) is 5.82 Å². The molecule has 0 amide bonds. The van der Waals surface area contributed by atoms with Crippen LogP contribution >= 0.6 is 0 Å². The number of nitrogens with two attached hydrogens (primary N) is 2. The zero-order valence-electron chi connectivity index (χ0n) is 12.9. The molecule has 2 aromatic rings. The van der Waals surface area contributed by atoms with Crippen molar-refractivity contribution in [2.45, 2.75) is 31.5 Å². The van der Waals surface area contributed by atoms with E-state index in [1.54, 1.807) is 4.57 Å². The maximum Gasteiger partial charge on any atom is 0.394 e. The lowest BCUT2D eigenvalue weighted by Gasteiger charge is -2.10. The number of hydrogen-bond acceptors (Lipinski definition) is 3. The number of hydrogen-bond donors (Lipinski definition) is 2. The molecular weight excluding hydrogens is 343 g/mol. The number of aromatic nitrogens is 2. The summed E-state index contributed by atoms with van der Waals surface area (Å²) in [5, 5.41) is 0. The van der Waals surface area contributed by atoms with Gasteiger partial charge < -0.3 is 16.0 Å². The fourth-order valence-corrected chi connectivity index (χ4v) is 2.67. The van der Waals surface area contributed by atoms with Crippen LogP contribution in [0.5, 0.6) is 0 Å². The van der Waals surface area contributed by atoms with Crippen molar-refractivity contribution in [3.8, 4) is 0 Å². The molecule has 9 heteroatoms. The summed E-state index contributed by atoms with van der Waals surface area (Å²) in [5.74, 6) is -1.84. The molecule has 3 rings (SSSR count). The number of allylic oxidation sites excluding steroid dienone is 3. The molecule has 25 heavy (non-hydrogen) atoms. The molecular formula is C16H15F5N4. The van der Waals surface area contributed by atoms with E-state index in [1.807, 2.05) is 0 Å². The smallest absolute Gasteiger partial charge is 0.394 e. The summed E-state index contributed by atoms with van der Waals surface area (Å²) >= 11 is 0. The van der Waals surface area contributed by atoms with Gasteiger partial charge in [-0.25, -0.2) is 13.8 Å². The molecule has 0 bridgehead atoms. The second-order valence-corrected chi connectivity index (χ2v) is 5.92. The fourth-order valence-electron chi connectivity index (χ4n) is 2.67. The van der Waals surface area contributed by atoms with Gasteiger partial charge in [0.25, 0.3) is 0 Å². The summed E-state index contributed by atoms with van der Waals surface area (Å²) in [7, 11) is 0. The quantitative estimate of drug-likeness (QED) is 0.646. The highest BCUT2D eigenvalue weighted by Crippen LogP contribution is 2.40. The van der Waals surface area contributed by atoms with E-state index in [4.69, 9.17) is 11.5 Å². The highest BCUT2D eigenvalue weighted by atomic mass is 19.4. The first-order chi connectivity index (χ1) is 11.7. The minimum atomic E-state index is -4.46. The Morgan fingerprint density at radius 3 is 2.44 bits per heavy atom. The van der Waals surface area contributed by atoms with Crippen LogP contribution in [0.1, 0.15) is 31.1 Å². The van der Waals surface area contributed by atoms with Gasteiger partial charge in [-0.2, -0.15) is 13.2 Å². The molecule has 1 saturated carbocycles. The van der Waals surface area contributed by atoms with E-state index in [2.05, 4.69) is 4.98 Å². The maximum atomic E-state index is 13.6. The normalized spacial score (nSPS) is 16.7. The van der Waals surface area contributed by atoms with Crippen LogP contribution < -0.4 is 11.5 Å². The van der Waals surface area contributed by atoms with E-state index >= 15 is 0 Å². The Morgan fingerprint density at radius 2 is 1.88 bits per heavy atom. The Hall–Kier alpha value is -2.58. The molecule has 0 atom stereocenters. The van der Waals surface area contributed by atoms with E-state index in [0.29, 0.717) is 5.52 Å². The van der Waals surface area contributed by atoms with Gasteiger partial charge in [-0.1, -0.05) is 0 Å². The monoisotopic (exact) mass is 358 g/mol. The summed E-state index contributed by atoms with van der Waals surface area (Å²) in [5.41, 5.74) is 11.3. The van der Waals surface area contributed by atoms with Crippen LogP contribution in [0.25, 0.3) is 16.6 Å². The highest BCUT2D eigenvalue weighted by molar-refractivity contribution is 5.82. The van der Waals surface area contributed by atoms with Gasteiger partial charge in [-0.3, -0.25) is 0 Å². The van der Waals surface area contributed by atoms with Crippen molar-refractivity contribution in [1.82, 2.24) is 9.55 Å². The van der Waals surface area contributed by atoms with Gasteiger partial charge in [0.05, 0.1) is 17.5 Å². The number of rotatable bonds is 4. The topological polar surface area (TPSA) is 69.9 Å². The van der Waals surface area contributed by atoms with Crippen LogP contribution in [0, 0.1) is 11.6 Å². The molecule has 4 N–H and O–H groups in total. The number of halogens is 5. The van der Waals surface area contributed by atoms with Crippen molar-refractivity contribution in [1.29, 1.82) is 0 Å². The molecule has 1 aromatic heterocycles. The molecule has 0 saturated heterocycles. The maximum absolute atomic E-state index is 13.6. The third kappa shape index (κ3) is 3.59. The third-order valence-corrected chi connectivity index (χ3v) is 3.83. The average molecular weight is 358 g/mol. The van der Waals surface area contributed by atoms with Crippen molar-refractivity contribution in [2.24, 2.45) is 11.5 Å². The van der Waals surface area contributed by atoms with E-state index in [0.717, 1.165) is 37.3 Å². The molecule has 134 valence electrons. The molecule has 0 spiro atoms. The van der Waals surface area contributed by atoms with Crippen molar-refractivity contribution in [3.05, 3.63) is 47.6 Å². The minimum Gasteiger partial charge on any atom is -0.404 e. The molecule has 1 aliphatic carbocycles. The summed E-state index contributed by atoms with van der Waals surface area (Å²) in [6, 6.07) is 1.98. The zero-order valence-corrected chi connectivity index (χ0v) is 12.9. The summed E-state index contributed by atoms with van der Waals surface area (Å²) in [6.07, 6.45) is -1.98. The number of benzene rings is 1. The first kappa shape index (κ1) is 17.2. The number of alkyl halides is 3. The Morgan fingerprint density at radius 1 is 1.24 bits per heavy atom. The van der Waals surface area contributed by atoms with Crippen LogP contribution in [-0.4, -0.2) is 15.7 Å². The Balaban J connectivity index is 2.10. The SMILES string of the molecule is N/C=C(\C=C(/N)CC(F)(F)F)c1nc2cc(F)c(F)cc2n1C1CC1. The first-order valence-electron chi connectivity index (χ1n) is 7.51. The predicted molar refractivity (Wildman–Crippen MR) is 83.0 cm³/mol. The van der Waals surface area contributed by atoms with Crippen molar-refractivity contribution in [2.75, 3.05) is 0 Å². The second kappa shape index (κ2) is 6.05. The number of imidazole rings is 1. The molecule has 0 aliphatic heterocycles. The predicted octanol–water partition coefficient (Wildman–Crippen LogP) is 3.74. The Bertz CT molecular complexity index is 875. The van der Waals surface area contributed by atoms with Crippen LogP contribution in [0.4, 0.5) is 22.0 Å². The van der Waals surface area contributed by atoms with Gasteiger partial charge in [0.15, 0.2) is 11.6 Å². The first-order valence-corrected chi connectivity index (χ1v) is 7.51. The summed E-state index contributed by atoms with van der Waals surface area (Å²) < 4.78 is 66.1. The molecule has 1 aliphatic rings. The van der Waals surface area contributed by atoms with E-state index in [1.165, 1.54) is 0 Å². The number of nitrogens with zero attached hydrogens (tertiary/aromatic N) is 2. The van der Waals surface area contributed by atoms with Crippen molar-refractivity contribution < 1.29 is 22.0 Å². The largest absolute Gasteiger partial charge is 0.404 e. The van der Waals surface area contributed by atoms with E-state index in [9.17, 15) is 22.0 Å². The van der Waals surface area contributed by atoms with E-state index < -0.39 is 29.9 Å².